The van der Waals surface area contributed by atoms with E-state index in [1.165, 1.54) is 6.42 Å². The van der Waals surface area contributed by atoms with Crippen LogP contribution in [0.4, 0.5) is 0 Å². The number of benzene rings is 1. The smallest absolute Gasteiger partial charge is 0.329 e. The number of fused-ring (bicyclic) bond motifs is 1. The maximum atomic E-state index is 12.4. The molecule has 0 spiro atoms. The second kappa shape index (κ2) is 6.34. The quantitative estimate of drug-likeness (QED) is 0.635. The van der Waals surface area contributed by atoms with Crippen molar-refractivity contribution in [3.05, 3.63) is 36.0 Å². The molecule has 1 fully saturated rings. The van der Waals surface area contributed by atoms with E-state index in [1.807, 2.05) is 35.8 Å². The van der Waals surface area contributed by atoms with Gasteiger partial charge in [-0.3, -0.25) is 4.79 Å². The average Bonchev–Trinajstić information content (AvgIpc) is 2.94. The minimum Gasteiger partial charge on any atom is -0.461 e. The molecular formula is C18H21NO3. The summed E-state index contributed by atoms with van der Waals surface area (Å²) in [5, 5.41) is 0.870. The molecule has 0 N–H and O–H groups in total. The standard InChI is InChI=1S/C18H21NO3/c1-13(18(21)22-15-7-3-2-4-8-15)19-11-14(12-20)16-9-5-6-10-17(16)19/h5-6,9-13,15H,2-4,7-8H2,1H3. The lowest BCUT2D eigenvalue weighted by atomic mass is 9.98. The van der Waals surface area contributed by atoms with Gasteiger partial charge >= 0.3 is 5.97 Å². The number of rotatable bonds is 4. The van der Waals surface area contributed by atoms with Crippen LogP contribution in [0.5, 0.6) is 0 Å². The zero-order valence-corrected chi connectivity index (χ0v) is 12.8. The van der Waals surface area contributed by atoms with E-state index in [4.69, 9.17) is 4.74 Å². The van der Waals surface area contributed by atoms with Crippen molar-refractivity contribution in [2.24, 2.45) is 0 Å². The topological polar surface area (TPSA) is 48.3 Å². The minimum atomic E-state index is -0.430. The first-order chi connectivity index (χ1) is 10.7. The number of carbonyl (C=O) groups is 2. The van der Waals surface area contributed by atoms with Gasteiger partial charge < -0.3 is 9.30 Å². The van der Waals surface area contributed by atoms with Crippen LogP contribution >= 0.6 is 0 Å². The van der Waals surface area contributed by atoms with E-state index in [1.54, 1.807) is 6.20 Å². The highest BCUT2D eigenvalue weighted by Gasteiger charge is 2.24. The van der Waals surface area contributed by atoms with Gasteiger partial charge in [0.1, 0.15) is 12.1 Å². The molecule has 4 nitrogen and oxygen atoms in total. The molecule has 1 aromatic carbocycles. The normalized spacial score (nSPS) is 17.3. The van der Waals surface area contributed by atoms with Crippen LogP contribution in [0.15, 0.2) is 30.5 Å². The summed E-state index contributed by atoms with van der Waals surface area (Å²) in [6, 6.07) is 7.19. The van der Waals surface area contributed by atoms with Crippen molar-refractivity contribution in [3.63, 3.8) is 0 Å². The lowest BCUT2D eigenvalue weighted by molar-refractivity contribution is -0.153. The molecule has 0 amide bonds. The molecule has 0 aliphatic heterocycles. The molecule has 4 heteroatoms. The molecule has 1 aliphatic carbocycles. The lowest BCUT2D eigenvalue weighted by Crippen LogP contribution is -2.26. The van der Waals surface area contributed by atoms with E-state index in [9.17, 15) is 9.59 Å². The van der Waals surface area contributed by atoms with Gasteiger partial charge in [-0.25, -0.2) is 4.79 Å². The molecule has 1 atom stereocenters. The fourth-order valence-electron chi connectivity index (χ4n) is 3.21. The van der Waals surface area contributed by atoms with E-state index in [0.717, 1.165) is 42.9 Å². The number of para-hydroxylation sites is 1. The average molecular weight is 299 g/mol. The fraction of sp³-hybridized carbons (Fsp3) is 0.444. The number of aldehydes is 1. The van der Waals surface area contributed by atoms with Gasteiger partial charge in [0, 0.05) is 22.7 Å². The van der Waals surface area contributed by atoms with Gasteiger partial charge in [-0.1, -0.05) is 24.6 Å². The summed E-state index contributed by atoms with van der Waals surface area (Å²) in [5.74, 6) is -0.217. The highest BCUT2D eigenvalue weighted by Crippen LogP contribution is 2.26. The summed E-state index contributed by atoms with van der Waals surface area (Å²) < 4.78 is 7.49. The van der Waals surface area contributed by atoms with Crippen LogP contribution in [0.2, 0.25) is 0 Å². The fourth-order valence-corrected chi connectivity index (χ4v) is 3.21. The van der Waals surface area contributed by atoms with Crippen LogP contribution in [-0.4, -0.2) is 22.9 Å². The predicted octanol–water partition coefficient (Wildman–Crippen LogP) is 3.89. The van der Waals surface area contributed by atoms with Crippen LogP contribution in [0.25, 0.3) is 10.9 Å². The number of ether oxygens (including phenoxy) is 1. The van der Waals surface area contributed by atoms with Crippen molar-refractivity contribution in [1.82, 2.24) is 4.57 Å². The molecule has 0 radical (unpaired) electrons. The highest BCUT2D eigenvalue weighted by molar-refractivity contribution is 5.98. The Morgan fingerprint density at radius 2 is 2.00 bits per heavy atom. The number of esters is 1. The van der Waals surface area contributed by atoms with E-state index in [2.05, 4.69) is 0 Å². The Morgan fingerprint density at radius 1 is 1.27 bits per heavy atom. The Bertz CT molecular complexity index is 683. The predicted molar refractivity (Wildman–Crippen MR) is 85.0 cm³/mol. The second-order valence-electron chi connectivity index (χ2n) is 6.00. The maximum absolute atomic E-state index is 12.4. The number of hydrogen-bond acceptors (Lipinski definition) is 3. The zero-order chi connectivity index (χ0) is 15.5. The number of aromatic nitrogens is 1. The first-order valence-corrected chi connectivity index (χ1v) is 7.96. The Morgan fingerprint density at radius 3 is 2.73 bits per heavy atom. The largest absolute Gasteiger partial charge is 0.461 e. The molecule has 1 aliphatic rings. The Hall–Kier alpha value is -2.10. The molecule has 1 unspecified atom stereocenters. The van der Waals surface area contributed by atoms with Crippen molar-refractivity contribution in [2.45, 2.75) is 51.2 Å². The van der Waals surface area contributed by atoms with Crippen molar-refractivity contribution < 1.29 is 14.3 Å². The minimum absolute atomic E-state index is 0.0519. The molecule has 3 rings (SSSR count). The van der Waals surface area contributed by atoms with Crippen molar-refractivity contribution in [1.29, 1.82) is 0 Å². The van der Waals surface area contributed by atoms with E-state index in [-0.39, 0.29) is 12.1 Å². The van der Waals surface area contributed by atoms with E-state index < -0.39 is 6.04 Å². The first kappa shape index (κ1) is 14.8. The summed E-state index contributed by atoms with van der Waals surface area (Å²) in [4.78, 5) is 23.6. The SMILES string of the molecule is CC(C(=O)OC1CCCCC1)n1cc(C=O)c2ccccc21. The van der Waals surface area contributed by atoms with Crippen LogP contribution < -0.4 is 0 Å². The van der Waals surface area contributed by atoms with E-state index in [0.29, 0.717) is 5.56 Å². The summed E-state index contributed by atoms with van der Waals surface area (Å²) in [7, 11) is 0. The van der Waals surface area contributed by atoms with Gasteiger partial charge in [0.15, 0.2) is 6.29 Å². The Kier molecular flexibility index (Phi) is 4.27. The van der Waals surface area contributed by atoms with Crippen LogP contribution in [-0.2, 0) is 9.53 Å². The van der Waals surface area contributed by atoms with Crippen LogP contribution in [0.3, 0.4) is 0 Å². The molecule has 1 heterocycles. The summed E-state index contributed by atoms with van der Waals surface area (Å²) in [6.07, 6.45) is 8.05. The molecule has 0 saturated heterocycles. The monoisotopic (exact) mass is 299 g/mol. The van der Waals surface area contributed by atoms with Gasteiger partial charge in [-0.2, -0.15) is 0 Å². The third-order valence-electron chi connectivity index (χ3n) is 4.49. The number of hydrogen-bond donors (Lipinski definition) is 0. The van der Waals surface area contributed by atoms with Crippen LogP contribution in [0.1, 0.15) is 55.4 Å². The second-order valence-corrected chi connectivity index (χ2v) is 6.00. The third kappa shape index (κ3) is 2.78. The summed E-state index contributed by atoms with van der Waals surface area (Å²) >= 11 is 0. The van der Waals surface area contributed by atoms with Gasteiger partial charge in [-0.05, 0) is 38.7 Å². The number of nitrogens with zero attached hydrogens (tertiary/aromatic N) is 1. The molecular weight excluding hydrogens is 278 g/mol. The lowest BCUT2D eigenvalue weighted by Gasteiger charge is -2.24. The molecule has 116 valence electrons. The van der Waals surface area contributed by atoms with Crippen molar-refractivity contribution in [3.8, 4) is 0 Å². The maximum Gasteiger partial charge on any atom is 0.329 e. The Balaban J connectivity index is 1.83. The van der Waals surface area contributed by atoms with Gasteiger partial charge in [0.25, 0.3) is 0 Å². The first-order valence-electron chi connectivity index (χ1n) is 7.96. The number of carbonyl (C=O) groups excluding carboxylic acids is 2. The third-order valence-corrected chi connectivity index (χ3v) is 4.49. The molecule has 22 heavy (non-hydrogen) atoms. The van der Waals surface area contributed by atoms with Gasteiger partial charge in [-0.15, -0.1) is 0 Å². The molecule has 2 aromatic rings. The highest BCUT2D eigenvalue weighted by atomic mass is 16.5. The molecule has 1 saturated carbocycles. The van der Waals surface area contributed by atoms with Gasteiger partial charge in [0.2, 0.25) is 0 Å². The molecule has 1 aromatic heterocycles. The van der Waals surface area contributed by atoms with Gasteiger partial charge in [0.05, 0.1) is 0 Å². The van der Waals surface area contributed by atoms with Crippen molar-refractivity contribution >= 4 is 23.2 Å². The Labute approximate surface area is 130 Å². The summed E-state index contributed by atoms with van der Waals surface area (Å²) in [6.45, 7) is 1.83. The summed E-state index contributed by atoms with van der Waals surface area (Å²) in [5.41, 5.74) is 1.49. The van der Waals surface area contributed by atoms with Crippen molar-refractivity contribution in [2.75, 3.05) is 0 Å². The van der Waals surface area contributed by atoms with E-state index >= 15 is 0 Å². The molecule has 0 bridgehead atoms. The zero-order valence-electron chi connectivity index (χ0n) is 12.8. The van der Waals surface area contributed by atoms with Crippen LogP contribution in [0, 0.1) is 0 Å².